The highest BCUT2D eigenvalue weighted by Gasteiger charge is 2.40. The van der Waals surface area contributed by atoms with E-state index >= 15 is 0 Å². The number of methoxy groups -OCH3 is 1. The molecule has 8 heteroatoms. The molecule has 30 heavy (non-hydrogen) atoms. The molecule has 1 aliphatic carbocycles. The van der Waals surface area contributed by atoms with Crippen LogP contribution in [-0.4, -0.2) is 23.7 Å². The fraction of sp³-hybridized carbons (Fsp3) is 0.273. The van der Waals surface area contributed by atoms with Gasteiger partial charge in [0.15, 0.2) is 5.78 Å². The number of benzene rings is 2. The molecule has 0 saturated carbocycles. The SMILES string of the molecule is COc1cccc(C2CC(=O)N(c3ccc(Cl)c([N+](=O)[O-])c3)C3=C2C(=O)CCC3)c1. The minimum Gasteiger partial charge on any atom is -0.497 e. The highest BCUT2D eigenvalue weighted by Crippen LogP contribution is 2.44. The van der Waals surface area contributed by atoms with E-state index in [1.165, 1.54) is 17.0 Å². The minimum atomic E-state index is -0.583. The summed E-state index contributed by atoms with van der Waals surface area (Å²) < 4.78 is 5.30. The molecule has 1 amide bonds. The number of carbonyl (C=O) groups is 2. The van der Waals surface area contributed by atoms with Gasteiger partial charge in [0, 0.05) is 36.1 Å². The van der Waals surface area contributed by atoms with Crippen molar-refractivity contribution in [2.45, 2.75) is 31.6 Å². The number of nitro groups is 1. The number of hydrogen-bond donors (Lipinski definition) is 0. The Morgan fingerprint density at radius 2 is 1.97 bits per heavy atom. The molecule has 1 aliphatic heterocycles. The van der Waals surface area contributed by atoms with Crippen molar-refractivity contribution < 1.29 is 19.2 Å². The number of Topliss-reactive ketones (excluding diaryl/α,β-unsaturated/α-hetero) is 1. The number of nitro benzene ring substituents is 1. The molecule has 0 bridgehead atoms. The minimum absolute atomic E-state index is 0.00334. The van der Waals surface area contributed by atoms with Crippen molar-refractivity contribution in [3.8, 4) is 5.75 Å². The average molecular weight is 427 g/mol. The maximum atomic E-state index is 13.2. The van der Waals surface area contributed by atoms with Crippen LogP contribution >= 0.6 is 11.6 Å². The van der Waals surface area contributed by atoms with E-state index in [0.29, 0.717) is 42.0 Å². The third-order valence-electron chi connectivity index (χ3n) is 5.56. The Kier molecular flexibility index (Phi) is 5.30. The predicted molar refractivity (Wildman–Crippen MR) is 112 cm³/mol. The molecule has 2 aromatic carbocycles. The largest absolute Gasteiger partial charge is 0.497 e. The van der Waals surface area contributed by atoms with Gasteiger partial charge in [-0.25, -0.2) is 0 Å². The second-order valence-electron chi connectivity index (χ2n) is 7.29. The second kappa shape index (κ2) is 7.91. The number of amides is 1. The Bertz CT molecular complexity index is 1090. The highest BCUT2D eigenvalue weighted by molar-refractivity contribution is 6.32. The van der Waals surface area contributed by atoms with E-state index in [2.05, 4.69) is 0 Å². The maximum absolute atomic E-state index is 13.2. The van der Waals surface area contributed by atoms with E-state index in [4.69, 9.17) is 16.3 Å². The third-order valence-corrected chi connectivity index (χ3v) is 5.88. The van der Waals surface area contributed by atoms with E-state index in [1.54, 1.807) is 13.2 Å². The summed E-state index contributed by atoms with van der Waals surface area (Å²) in [6.07, 6.45) is 1.68. The fourth-order valence-electron chi connectivity index (χ4n) is 4.22. The number of rotatable bonds is 4. The van der Waals surface area contributed by atoms with Crippen molar-refractivity contribution in [1.29, 1.82) is 0 Å². The third kappa shape index (κ3) is 3.45. The van der Waals surface area contributed by atoms with Gasteiger partial charge in [-0.15, -0.1) is 0 Å². The van der Waals surface area contributed by atoms with Gasteiger partial charge in [-0.1, -0.05) is 23.7 Å². The zero-order valence-corrected chi connectivity index (χ0v) is 17.0. The van der Waals surface area contributed by atoms with Gasteiger partial charge in [0.05, 0.1) is 17.7 Å². The van der Waals surface area contributed by atoms with E-state index in [1.807, 2.05) is 24.3 Å². The lowest BCUT2D eigenvalue weighted by Crippen LogP contribution is -2.40. The van der Waals surface area contributed by atoms with Crippen molar-refractivity contribution in [2.75, 3.05) is 12.0 Å². The lowest BCUT2D eigenvalue weighted by molar-refractivity contribution is -0.384. The van der Waals surface area contributed by atoms with Gasteiger partial charge in [-0.3, -0.25) is 24.6 Å². The van der Waals surface area contributed by atoms with Gasteiger partial charge in [0.25, 0.3) is 5.69 Å². The van der Waals surface area contributed by atoms with Gasteiger partial charge in [0.2, 0.25) is 5.91 Å². The van der Waals surface area contributed by atoms with Crippen LogP contribution in [0.1, 0.15) is 37.2 Å². The molecule has 0 aromatic heterocycles. The van der Waals surface area contributed by atoms with Crippen LogP contribution in [0.3, 0.4) is 0 Å². The molecular formula is C22H19ClN2O5. The highest BCUT2D eigenvalue weighted by atomic mass is 35.5. The lowest BCUT2D eigenvalue weighted by Gasteiger charge is -2.38. The summed E-state index contributed by atoms with van der Waals surface area (Å²) in [6, 6.07) is 11.6. The van der Waals surface area contributed by atoms with Crippen molar-refractivity contribution in [1.82, 2.24) is 0 Å². The normalized spacial score (nSPS) is 19.0. The van der Waals surface area contributed by atoms with Crippen LogP contribution in [0.15, 0.2) is 53.7 Å². The summed E-state index contributed by atoms with van der Waals surface area (Å²) in [5.74, 6) is 0.0768. The van der Waals surface area contributed by atoms with Gasteiger partial charge >= 0.3 is 0 Å². The van der Waals surface area contributed by atoms with Crippen LogP contribution < -0.4 is 9.64 Å². The van der Waals surface area contributed by atoms with Crippen molar-refractivity contribution in [3.63, 3.8) is 0 Å². The molecular weight excluding hydrogens is 408 g/mol. The first-order chi connectivity index (χ1) is 14.4. The standard InChI is InChI=1S/C22H19ClN2O5/c1-30-15-5-2-4-13(10-15)16-12-21(27)24(18-6-3-7-20(26)22(16)18)14-8-9-17(23)19(11-14)25(28)29/h2,4-5,8-11,16H,3,6-7,12H2,1H3. The molecule has 0 N–H and O–H groups in total. The summed E-state index contributed by atoms with van der Waals surface area (Å²) in [4.78, 5) is 38.3. The smallest absolute Gasteiger partial charge is 0.289 e. The first-order valence-corrected chi connectivity index (χ1v) is 9.95. The van der Waals surface area contributed by atoms with Gasteiger partial charge in [-0.05, 0) is 42.7 Å². The van der Waals surface area contributed by atoms with Crippen LogP contribution in [0.25, 0.3) is 0 Å². The average Bonchev–Trinajstić information content (AvgIpc) is 2.74. The second-order valence-corrected chi connectivity index (χ2v) is 7.70. The summed E-state index contributed by atoms with van der Waals surface area (Å²) >= 11 is 5.94. The summed E-state index contributed by atoms with van der Waals surface area (Å²) in [5, 5.41) is 11.3. The Morgan fingerprint density at radius 1 is 1.17 bits per heavy atom. The van der Waals surface area contributed by atoms with E-state index in [9.17, 15) is 19.7 Å². The number of anilines is 1. The number of ether oxygens (including phenoxy) is 1. The van der Waals surface area contributed by atoms with Crippen LogP contribution in [0.2, 0.25) is 5.02 Å². The molecule has 1 heterocycles. The quantitative estimate of drug-likeness (QED) is 0.518. The summed E-state index contributed by atoms with van der Waals surface area (Å²) in [6.45, 7) is 0. The van der Waals surface area contributed by atoms with Crippen LogP contribution in [0.4, 0.5) is 11.4 Å². The zero-order valence-electron chi connectivity index (χ0n) is 16.3. The van der Waals surface area contributed by atoms with E-state index in [0.717, 1.165) is 5.56 Å². The van der Waals surface area contributed by atoms with E-state index in [-0.39, 0.29) is 34.7 Å². The molecule has 7 nitrogen and oxygen atoms in total. The van der Waals surface area contributed by atoms with Gasteiger partial charge < -0.3 is 4.74 Å². The van der Waals surface area contributed by atoms with Gasteiger partial charge in [-0.2, -0.15) is 0 Å². The van der Waals surface area contributed by atoms with Crippen LogP contribution in [-0.2, 0) is 9.59 Å². The fourth-order valence-corrected chi connectivity index (χ4v) is 4.40. The zero-order chi connectivity index (χ0) is 21.4. The van der Waals surface area contributed by atoms with Gasteiger partial charge in [0.1, 0.15) is 10.8 Å². The van der Waals surface area contributed by atoms with Crippen LogP contribution in [0.5, 0.6) is 5.75 Å². The lowest BCUT2D eigenvalue weighted by atomic mass is 9.77. The molecule has 2 aromatic rings. The first-order valence-electron chi connectivity index (χ1n) is 9.57. The van der Waals surface area contributed by atoms with Crippen LogP contribution in [0, 0.1) is 10.1 Å². The summed E-state index contributed by atoms with van der Waals surface area (Å²) in [5.41, 5.74) is 2.13. The number of nitrogens with zero attached hydrogens (tertiary/aromatic N) is 2. The number of hydrogen-bond acceptors (Lipinski definition) is 5. The number of halogens is 1. The molecule has 1 unspecified atom stereocenters. The first kappa shape index (κ1) is 20.1. The maximum Gasteiger partial charge on any atom is 0.289 e. The number of carbonyl (C=O) groups excluding carboxylic acids is 2. The van der Waals surface area contributed by atoms with Crippen molar-refractivity contribution >= 4 is 34.7 Å². The monoisotopic (exact) mass is 426 g/mol. The number of allylic oxidation sites excluding steroid dienone is 2. The van der Waals surface area contributed by atoms with Crippen molar-refractivity contribution in [3.05, 3.63) is 74.4 Å². The Labute approximate surface area is 178 Å². The molecule has 0 radical (unpaired) electrons. The molecule has 1 atom stereocenters. The predicted octanol–water partition coefficient (Wildman–Crippen LogP) is 4.78. The Morgan fingerprint density at radius 3 is 2.70 bits per heavy atom. The Hall–Kier alpha value is -3.19. The molecule has 154 valence electrons. The molecule has 0 saturated heterocycles. The Balaban J connectivity index is 1.86. The topological polar surface area (TPSA) is 89.8 Å². The molecule has 2 aliphatic rings. The molecule has 4 rings (SSSR count). The summed E-state index contributed by atoms with van der Waals surface area (Å²) in [7, 11) is 1.57. The van der Waals surface area contributed by atoms with E-state index < -0.39 is 4.92 Å². The molecule has 0 spiro atoms. The molecule has 0 fully saturated rings. The number of ketones is 1. The van der Waals surface area contributed by atoms with Crippen molar-refractivity contribution in [2.24, 2.45) is 0 Å².